The van der Waals surface area contributed by atoms with Crippen LogP contribution in [0.15, 0.2) is 36.4 Å². The summed E-state index contributed by atoms with van der Waals surface area (Å²) in [6.07, 6.45) is 1.33. The van der Waals surface area contributed by atoms with Crippen LogP contribution in [0.2, 0.25) is 5.02 Å². The van der Waals surface area contributed by atoms with E-state index in [1.165, 1.54) is 0 Å². The van der Waals surface area contributed by atoms with E-state index in [0.29, 0.717) is 35.2 Å². The van der Waals surface area contributed by atoms with E-state index in [4.69, 9.17) is 11.6 Å². The molecular weight excluding hydrogens is 348 g/mol. The second-order valence-electron chi connectivity index (χ2n) is 6.96. The summed E-state index contributed by atoms with van der Waals surface area (Å²) in [4.78, 5) is 26.5. The van der Waals surface area contributed by atoms with Gasteiger partial charge in [-0.3, -0.25) is 9.59 Å². The van der Waals surface area contributed by atoms with E-state index in [9.17, 15) is 9.59 Å². The Morgan fingerprint density at radius 3 is 2.65 bits per heavy atom. The first-order valence-corrected chi connectivity index (χ1v) is 9.27. The van der Waals surface area contributed by atoms with Gasteiger partial charge in [-0.05, 0) is 48.6 Å². The maximum Gasteiger partial charge on any atom is 0.255 e. The van der Waals surface area contributed by atoms with E-state index < -0.39 is 0 Å². The molecule has 0 aromatic heterocycles. The molecule has 0 bridgehead atoms. The van der Waals surface area contributed by atoms with Crippen molar-refractivity contribution in [3.63, 3.8) is 0 Å². The highest BCUT2D eigenvalue weighted by atomic mass is 35.5. The summed E-state index contributed by atoms with van der Waals surface area (Å²) in [5, 5.41) is 3.52. The van der Waals surface area contributed by atoms with Crippen LogP contribution in [0.1, 0.15) is 54.1 Å². The molecule has 2 amide bonds. The number of aryl methyl sites for hydroxylation is 1. The van der Waals surface area contributed by atoms with Crippen molar-refractivity contribution >= 4 is 34.8 Å². The van der Waals surface area contributed by atoms with Crippen LogP contribution in [-0.2, 0) is 4.79 Å². The zero-order valence-electron chi connectivity index (χ0n) is 15.3. The van der Waals surface area contributed by atoms with Crippen molar-refractivity contribution in [2.45, 2.75) is 39.5 Å². The summed E-state index contributed by atoms with van der Waals surface area (Å²) < 4.78 is 0. The standard InChI is InChI=1S/C21H23ClN2O2/c1-13(2)16-7-4-6-14(3)20(16)23-21(26)15-9-10-17(22)18(12-15)24-11-5-8-19(24)25/h4,6-7,9-10,12-13H,5,8,11H2,1-3H3,(H,23,26). The number of hydrogen-bond acceptors (Lipinski definition) is 2. The molecule has 1 heterocycles. The lowest BCUT2D eigenvalue weighted by molar-refractivity contribution is -0.117. The number of para-hydroxylation sites is 1. The number of hydrogen-bond donors (Lipinski definition) is 1. The van der Waals surface area contributed by atoms with Gasteiger partial charge in [0.2, 0.25) is 5.91 Å². The first-order chi connectivity index (χ1) is 12.4. The van der Waals surface area contributed by atoms with Crippen LogP contribution < -0.4 is 10.2 Å². The number of halogens is 1. The molecule has 5 heteroatoms. The van der Waals surface area contributed by atoms with Crippen molar-refractivity contribution in [3.05, 3.63) is 58.1 Å². The number of carbonyl (C=O) groups is 2. The molecule has 0 saturated carbocycles. The van der Waals surface area contributed by atoms with Crippen molar-refractivity contribution in [2.75, 3.05) is 16.8 Å². The average molecular weight is 371 g/mol. The summed E-state index contributed by atoms with van der Waals surface area (Å²) in [6, 6.07) is 11.1. The van der Waals surface area contributed by atoms with Crippen molar-refractivity contribution in [1.82, 2.24) is 0 Å². The number of benzene rings is 2. The second kappa shape index (κ2) is 7.50. The van der Waals surface area contributed by atoms with Gasteiger partial charge in [-0.15, -0.1) is 0 Å². The second-order valence-corrected chi connectivity index (χ2v) is 7.37. The number of nitrogens with zero attached hydrogens (tertiary/aromatic N) is 1. The van der Waals surface area contributed by atoms with Crippen LogP contribution in [-0.4, -0.2) is 18.4 Å². The fourth-order valence-corrected chi connectivity index (χ4v) is 3.51. The fourth-order valence-electron chi connectivity index (χ4n) is 3.29. The lowest BCUT2D eigenvalue weighted by Gasteiger charge is -2.19. The first kappa shape index (κ1) is 18.5. The van der Waals surface area contributed by atoms with Crippen LogP contribution >= 0.6 is 11.6 Å². The van der Waals surface area contributed by atoms with Crippen LogP contribution in [0, 0.1) is 6.92 Å². The van der Waals surface area contributed by atoms with Gasteiger partial charge in [-0.25, -0.2) is 0 Å². The number of carbonyl (C=O) groups excluding carboxylic acids is 2. The van der Waals surface area contributed by atoms with Crippen molar-refractivity contribution in [1.29, 1.82) is 0 Å². The molecule has 0 unspecified atom stereocenters. The Kier molecular flexibility index (Phi) is 5.33. The third-order valence-corrected chi connectivity index (χ3v) is 5.06. The minimum atomic E-state index is -0.203. The van der Waals surface area contributed by atoms with Gasteiger partial charge < -0.3 is 10.2 Å². The predicted molar refractivity (Wildman–Crippen MR) is 106 cm³/mol. The lowest BCUT2D eigenvalue weighted by atomic mass is 9.98. The Hall–Kier alpha value is -2.33. The summed E-state index contributed by atoms with van der Waals surface area (Å²) >= 11 is 6.27. The Morgan fingerprint density at radius 2 is 2.00 bits per heavy atom. The van der Waals surface area contributed by atoms with Crippen LogP contribution in [0.25, 0.3) is 0 Å². The minimum absolute atomic E-state index is 0.0467. The molecule has 3 rings (SSSR count). The van der Waals surface area contributed by atoms with E-state index >= 15 is 0 Å². The zero-order chi connectivity index (χ0) is 18.8. The third kappa shape index (κ3) is 3.61. The summed E-state index contributed by atoms with van der Waals surface area (Å²) in [5.74, 6) is 0.143. The van der Waals surface area contributed by atoms with Crippen molar-refractivity contribution in [3.8, 4) is 0 Å². The Labute approximate surface area is 159 Å². The van der Waals surface area contributed by atoms with Gasteiger partial charge in [0.15, 0.2) is 0 Å². The van der Waals surface area contributed by atoms with Crippen molar-refractivity contribution < 1.29 is 9.59 Å². The molecule has 2 aromatic carbocycles. The van der Waals surface area contributed by atoms with Gasteiger partial charge in [0, 0.05) is 24.2 Å². The largest absolute Gasteiger partial charge is 0.321 e. The molecule has 1 saturated heterocycles. The normalized spacial score (nSPS) is 14.2. The maximum absolute atomic E-state index is 12.8. The van der Waals surface area contributed by atoms with E-state index in [-0.39, 0.29) is 11.8 Å². The summed E-state index contributed by atoms with van der Waals surface area (Å²) in [7, 11) is 0. The molecule has 0 aliphatic carbocycles. The predicted octanol–water partition coefficient (Wildman–Crippen LogP) is 5.15. The lowest BCUT2D eigenvalue weighted by Crippen LogP contribution is -2.24. The van der Waals surface area contributed by atoms with E-state index in [1.807, 2.05) is 25.1 Å². The van der Waals surface area contributed by atoms with E-state index in [1.54, 1.807) is 23.1 Å². The fraction of sp³-hybridized carbons (Fsp3) is 0.333. The van der Waals surface area contributed by atoms with Gasteiger partial charge in [0.25, 0.3) is 5.91 Å². The molecule has 26 heavy (non-hydrogen) atoms. The van der Waals surface area contributed by atoms with E-state index in [0.717, 1.165) is 23.2 Å². The molecule has 0 spiro atoms. The zero-order valence-corrected chi connectivity index (χ0v) is 16.1. The molecule has 1 N–H and O–H groups in total. The molecule has 0 radical (unpaired) electrons. The van der Waals surface area contributed by atoms with Crippen LogP contribution in [0.5, 0.6) is 0 Å². The van der Waals surface area contributed by atoms with Crippen molar-refractivity contribution in [2.24, 2.45) is 0 Å². The molecule has 1 aliphatic heterocycles. The Balaban J connectivity index is 1.91. The smallest absolute Gasteiger partial charge is 0.255 e. The minimum Gasteiger partial charge on any atom is -0.321 e. The molecule has 4 nitrogen and oxygen atoms in total. The monoisotopic (exact) mass is 370 g/mol. The summed E-state index contributed by atoms with van der Waals surface area (Å²) in [6.45, 7) is 6.82. The number of amides is 2. The number of nitrogens with one attached hydrogen (secondary N) is 1. The van der Waals surface area contributed by atoms with E-state index in [2.05, 4.69) is 19.2 Å². The Bertz CT molecular complexity index is 861. The highest BCUT2D eigenvalue weighted by Crippen LogP contribution is 2.32. The topological polar surface area (TPSA) is 49.4 Å². The highest BCUT2D eigenvalue weighted by Gasteiger charge is 2.24. The molecule has 2 aromatic rings. The van der Waals surface area contributed by atoms with Gasteiger partial charge in [0.1, 0.15) is 0 Å². The molecule has 0 atom stereocenters. The van der Waals surface area contributed by atoms with Gasteiger partial charge in [-0.2, -0.15) is 0 Å². The molecule has 1 aliphatic rings. The number of rotatable bonds is 4. The first-order valence-electron chi connectivity index (χ1n) is 8.89. The molecule has 136 valence electrons. The SMILES string of the molecule is Cc1cccc(C(C)C)c1NC(=O)c1ccc(Cl)c(N2CCCC2=O)c1. The van der Waals surface area contributed by atoms with Gasteiger partial charge in [0.05, 0.1) is 10.7 Å². The van der Waals surface area contributed by atoms with Crippen LogP contribution in [0.4, 0.5) is 11.4 Å². The Morgan fingerprint density at radius 1 is 1.23 bits per heavy atom. The third-order valence-electron chi connectivity index (χ3n) is 4.74. The van der Waals surface area contributed by atoms with Gasteiger partial charge in [-0.1, -0.05) is 43.6 Å². The highest BCUT2D eigenvalue weighted by molar-refractivity contribution is 6.34. The molecular formula is C21H23ClN2O2. The summed E-state index contributed by atoms with van der Waals surface area (Å²) in [5.41, 5.74) is 4.06. The van der Waals surface area contributed by atoms with Gasteiger partial charge >= 0.3 is 0 Å². The quantitative estimate of drug-likeness (QED) is 0.808. The maximum atomic E-state index is 12.8. The number of anilines is 2. The van der Waals surface area contributed by atoms with Crippen LogP contribution in [0.3, 0.4) is 0 Å². The average Bonchev–Trinajstić information content (AvgIpc) is 3.02. The molecule has 1 fully saturated rings.